The predicted molar refractivity (Wildman–Crippen MR) is 61.6 cm³/mol. The summed E-state index contributed by atoms with van der Waals surface area (Å²) in [5.74, 6) is -0.969. The lowest BCUT2D eigenvalue weighted by Gasteiger charge is -2.33. The van der Waals surface area contributed by atoms with Gasteiger partial charge in [0, 0.05) is 20.0 Å². The molecular formula is C12H14N2O3. The van der Waals surface area contributed by atoms with Gasteiger partial charge in [-0.15, -0.1) is 0 Å². The number of carboxylic acid groups (broad SMARTS) is 1. The molecule has 1 aromatic carbocycles. The van der Waals surface area contributed by atoms with Crippen LogP contribution in [0.3, 0.4) is 0 Å². The van der Waals surface area contributed by atoms with Crippen molar-refractivity contribution in [3.63, 3.8) is 0 Å². The second-order valence-electron chi connectivity index (χ2n) is 4.01. The van der Waals surface area contributed by atoms with Crippen molar-refractivity contribution in [1.29, 1.82) is 0 Å². The Balaban J connectivity index is 2.34. The maximum Gasteiger partial charge on any atom is 0.326 e. The minimum Gasteiger partial charge on any atom is -0.480 e. The molecule has 0 fully saturated rings. The van der Waals surface area contributed by atoms with Gasteiger partial charge in [-0.1, -0.05) is 24.3 Å². The number of carbonyl (C=O) groups is 2. The van der Waals surface area contributed by atoms with Gasteiger partial charge in [0.15, 0.2) is 0 Å². The van der Waals surface area contributed by atoms with E-state index in [1.165, 1.54) is 11.9 Å². The maximum absolute atomic E-state index is 11.6. The van der Waals surface area contributed by atoms with Crippen LogP contribution in [-0.4, -0.2) is 35.1 Å². The molecule has 0 saturated heterocycles. The third-order valence-electron chi connectivity index (χ3n) is 3.01. The van der Waals surface area contributed by atoms with E-state index in [2.05, 4.69) is 5.32 Å². The highest BCUT2D eigenvalue weighted by Gasteiger charge is 2.33. The van der Waals surface area contributed by atoms with Gasteiger partial charge in [-0.25, -0.2) is 9.59 Å². The summed E-state index contributed by atoms with van der Waals surface area (Å²) in [6.45, 7) is 0.340. The monoisotopic (exact) mass is 234 g/mol. The molecule has 0 aromatic heterocycles. The molecule has 1 aliphatic rings. The van der Waals surface area contributed by atoms with Crippen LogP contribution in [0, 0.1) is 0 Å². The Morgan fingerprint density at radius 3 is 2.59 bits per heavy atom. The summed E-state index contributed by atoms with van der Waals surface area (Å²) in [6, 6.07) is 6.46. The number of rotatable bonds is 1. The Labute approximate surface area is 99.0 Å². The Morgan fingerprint density at radius 2 is 2.00 bits per heavy atom. The van der Waals surface area contributed by atoms with Crippen molar-refractivity contribution < 1.29 is 14.7 Å². The van der Waals surface area contributed by atoms with Gasteiger partial charge < -0.3 is 15.3 Å². The number of hydrogen-bond donors (Lipinski definition) is 2. The van der Waals surface area contributed by atoms with Gasteiger partial charge >= 0.3 is 12.0 Å². The van der Waals surface area contributed by atoms with E-state index in [0.29, 0.717) is 13.0 Å². The molecule has 1 atom stereocenters. The van der Waals surface area contributed by atoms with Crippen LogP contribution in [0.2, 0.25) is 0 Å². The first-order chi connectivity index (χ1) is 8.13. The molecule has 0 saturated carbocycles. The molecule has 1 aromatic rings. The Bertz CT molecular complexity index is 459. The van der Waals surface area contributed by atoms with Crippen LogP contribution >= 0.6 is 0 Å². The molecule has 1 aliphatic heterocycles. The number of carboxylic acids is 1. The molecule has 1 heterocycles. The van der Waals surface area contributed by atoms with E-state index in [0.717, 1.165) is 11.1 Å². The van der Waals surface area contributed by atoms with Crippen molar-refractivity contribution >= 4 is 12.0 Å². The van der Waals surface area contributed by atoms with E-state index in [9.17, 15) is 9.59 Å². The van der Waals surface area contributed by atoms with Gasteiger partial charge in [0.1, 0.15) is 6.04 Å². The van der Waals surface area contributed by atoms with E-state index >= 15 is 0 Å². The highest BCUT2D eigenvalue weighted by Crippen LogP contribution is 2.23. The molecule has 2 rings (SSSR count). The number of fused-ring (bicyclic) bond motifs is 1. The zero-order valence-corrected chi connectivity index (χ0v) is 9.51. The van der Waals surface area contributed by atoms with E-state index in [4.69, 9.17) is 5.11 Å². The van der Waals surface area contributed by atoms with E-state index in [1.807, 2.05) is 24.3 Å². The quantitative estimate of drug-likeness (QED) is 0.756. The molecule has 5 heteroatoms. The van der Waals surface area contributed by atoms with Crippen LogP contribution in [0.15, 0.2) is 24.3 Å². The first-order valence-electron chi connectivity index (χ1n) is 5.41. The van der Waals surface area contributed by atoms with Crippen LogP contribution in [-0.2, 0) is 17.8 Å². The molecule has 0 unspecified atom stereocenters. The lowest BCUT2D eigenvalue weighted by molar-refractivity contribution is -0.142. The largest absolute Gasteiger partial charge is 0.480 e. The topological polar surface area (TPSA) is 69.6 Å². The highest BCUT2D eigenvalue weighted by molar-refractivity contribution is 5.83. The first-order valence-corrected chi connectivity index (χ1v) is 5.41. The van der Waals surface area contributed by atoms with Gasteiger partial charge in [0.25, 0.3) is 0 Å². The van der Waals surface area contributed by atoms with Crippen molar-refractivity contribution in [2.45, 2.75) is 19.0 Å². The van der Waals surface area contributed by atoms with Crippen molar-refractivity contribution in [2.75, 3.05) is 7.05 Å². The van der Waals surface area contributed by atoms with E-state index in [1.54, 1.807) is 0 Å². The average Bonchev–Trinajstić information content (AvgIpc) is 2.36. The van der Waals surface area contributed by atoms with Gasteiger partial charge in [0.2, 0.25) is 0 Å². The zero-order valence-electron chi connectivity index (χ0n) is 9.51. The summed E-state index contributed by atoms with van der Waals surface area (Å²) in [5, 5.41) is 11.6. The number of nitrogens with zero attached hydrogens (tertiary/aromatic N) is 1. The van der Waals surface area contributed by atoms with E-state index in [-0.39, 0.29) is 6.03 Å². The summed E-state index contributed by atoms with van der Waals surface area (Å²) >= 11 is 0. The van der Waals surface area contributed by atoms with Gasteiger partial charge in [-0.05, 0) is 11.1 Å². The highest BCUT2D eigenvalue weighted by atomic mass is 16.4. The number of carbonyl (C=O) groups excluding carboxylic acids is 1. The summed E-state index contributed by atoms with van der Waals surface area (Å²) in [4.78, 5) is 24.2. The van der Waals surface area contributed by atoms with Crippen LogP contribution in [0.5, 0.6) is 0 Å². The van der Waals surface area contributed by atoms with Gasteiger partial charge in [-0.3, -0.25) is 0 Å². The molecule has 5 nitrogen and oxygen atoms in total. The third-order valence-corrected chi connectivity index (χ3v) is 3.01. The number of amides is 2. The number of nitrogens with one attached hydrogen (secondary N) is 1. The Kier molecular flexibility index (Phi) is 2.99. The zero-order chi connectivity index (χ0) is 12.4. The normalized spacial score (nSPS) is 18.4. The van der Waals surface area contributed by atoms with Crippen molar-refractivity contribution in [2.24, 2.45) is 0 Å². The Morgan fingerprint density at radius 1 is 1.35 bits per heavy atom. The molecule has 0 aliphatic carbocycles. The standard InChI is InChI=1S/C12H14N2O3/c1-13-12(17)14-7-9-5-3-2-4-8(9)6-10(14)11(15)16/h2-5,10H,6-7H2,1H3,(H,13,17)(H,15,16)/t10-/m0/s1. The fourth-order valence-electron chi connectivity index (χ4n) is 2.10. The number of hydrogen-bond acceptors (Lipinski definition) is 2. The molecule has 0 radical (unpaired) electrons. The van der Waals surface area contributed by atoms with E-state index < -0.39 is 12.0 Å². The lowest BCUT2D eigenvalue weighted by Crippen LogP contribution is -2.51. The summed E-state index contributed by atoms with van der Waals surface area (Å²) < 4.78 is 0. The smallest absolute Gasteiger partial charge is 0.326 e. The van der Waals surface area contributed by atoms with Crippen molar-refractivity contribution in [3.05, 3.63) is 35.4 Å². The molecule has 2 amide bonds. The average molecular weight is 234 g/mol. The van der Waals surface area contributed by atoms with Gasteiger partial charge in [-0.2, -0.15) is 0 Å². The molecule has 2 N–H and O–H groups in total. The minimum atomic E-state index is -0.969. The second kappa shape index (κ2) is 4.45. The third kappa shape index (κ3) is 2.08. The van der Waals surface area contributed by atoms with Crippen molar-refractivity contribution in [3.8, 4) is 0 Å². The van der Waals surface area contributed by atoms with Crippen molar-refractivity contribution in [1.82, 2.24) is 10.2 Å². The second-order valence-corrected chi connectivity index (χ2v) is 4.01. The minimum absolute atomic E-state index is 0.340. The summed E-state index contributed by atoms with van der Waals surface area (Å²) in [5.41, 5.74) is 2.01. The SMILES string of the molecule is CNC(=O)N1Cc2ccccc2C[C@H]1C(=O)O. The lowest BCUT2D eigenvalue weighted by atomic mass is 9.94. The van der Waals surface area contributed by atoms with Crippen LogP contribution in [0.25, 0.3) is 0 Å². The molecule has 90 valence electrons. The fourth-order valence-corrected chi connectivity index (χ4v) is 2.10. The summed E-state index contributed by atoms with van der Waals surface area (Å²) in [7, 11) is 1.50. The number of benzene rings is 1. The fraction of sp³-hybridized carbons (Fsp3) is 0.333. The molecule has 0 spiro atoms. The molecule has 17 heavy (non-hydrogen) atoms. The summed E-state index contributed by atoms with van der Waals surface area (Å²) in [6.07, 6.45) is 0.360. The molecular weight excluding hydrogens is 220 g/mol. The Hall–Kier alpha value is -2.04. The first kappa shape index (κ1) is 11.4. The van der Waals surface area contributed by atoms with Crippen LogP contribution in [0.4, 0.5) is 4.79 Å². The van der Waals surface area contributed by atoms with Crippen LogP contribution in [0.1, 0.15) is 11.1 Å². The maximum atomic E-state index is 11.6. The number of aliphatic carboxylic acids is 1. The number of urea groups is 1. The van der Waals surface area contributed by atoms with Gasteiger partial charge in [0.05, 0.1) is 0 Å². The van der Waals surface area contributed by atoms with Crippen LogP contribution < -0.4 is 5.32 Å². The molecule has 0 bridgehead atoms. The predicted octanol–water partition coefficient (Wildman–Crippen LogP) is 0.837.